The number of ether oxygens (including phenoxy) is 1. The van der Waals surface area contributed by atoms with Crippen molar-refractivity contribution in [2.24, 2.45) is 5.92 Å². The summed E-state index contributed by atoms with van der Waals surface area (Å²) in [6.45, 7) is 3.57. The molecule has 0 amide bonds. The van der Waals surface area contributed by atoms with E-state index in [-0.39, 0.29) is 24.7 Å². The molecule has 1 unspecified atom stereocenters. The fourth-order valence-corrected chi connectivity index (χ4v) is 1.17. The van der Waals surface area contributed by atoms with Gasteiger partial charge in [0, 0.05) is 11.3 Å². The van der Waals surface area contributed by atoms with Crippen molar-refractivity contribution >= 4 is 23.9 Å². The summed E-state index contributed by atoms with van der Waals surface area (Å²) in [5.41, 5.74) is 0. The molecule has 76 valence electrons. The van der Waals surface area contributed by atoms with Crippen LogP contribution < -0.4 is 0 Å². The van der Waals surface area contributed by atoms with Gasteiger partial charge in [-0.3, -0.25) is 4.79 Å². The zero-order chi connectivity index (χ0) is 10.5. The molecule has 1 atom stereocenters. The van der Waals surface area contributed by atoms with E-state index >= 15 is 0 Å². The van der Waals surface area contributed by atoms with Gasteiger partial charge in [-0.1, -0.05) is 0 Å². The Morgan fingerprint density at radius 2 is 2.15 bits per heavy atom. The SMILES string of the molecule is COC(=O)CC(CC=O)C(C)(C)Cl. The van der Waals surface area contributed by atoms with Crippen LogP contribution in [0.4, 0.5) is 0 Å². The van der Waals surface area contributed by atoms with Gasteiger partial charge in [-0.25, -0.2) is 0 Å². The quantitative estimate of drug-likeness (QED) is 0.391. The molecule has 0 N–H and O–H groups in total. The Morgan fingerprint density at radius 3 is 2.46 bits per heavy atom. The summed E-state index contributed by atoms with van der Waals surface area (Å²) in [5, 5.41) is 0. The van der Waals surface area contributed by atoms with Gasteiger partial charge in [0.05, 0.1) is 13.5 Å². The Labute approximate surface area is 83.4 Å². The van der Waals surface area contributed by atoms with Gasteiger partial charge >= 0.3 is 5.97 Å². The molecule has 0 saturated carbocycles. The first kappa shape index (κ1) is 12.4. The van der Waals surface area contributed by atoms with Crippen molar-refractivity contribution in [3.8, 4) is 0 Å². The van der Waals surface area contributed by atoms with Crippen molar-refractivity contribution in [2.75, 3.05) is 7.11 Å². The second-order valence-corrected chi connectivity index (χ2v) is 4.42. The molecule has 0 aromatic carbocycles. The number of hydrogen-bond acceptors (Lipinski definition) is 3. The summed E-state index contributed by atoms with van der Waals surface area (Å²) in [5.74, 6) is -0.500. The average molecular weight is 207 g/mol. The molecule has 0 saturated heterocycles. The number of esters is 1. The normalized spacial score (nSPS) is 13.5. The predicted octanol–water partition coefficient (Wildman–Crippen LogP) is 1.77. The molecule has 0 spiro atoms. The minimum Gasteiger partial charge on any atom is -0.469 e. The summed E-state index contributed by atoms with van der Waals surface area (Å²) >= 11 is 6.01. The van der Waals surface area contributed by atoms with Gasteiger partial charge in [0.15, 0.2) is 0 Å². The fraction of sp³-hybridized carbons (Fsp3) is 0.778. The predicted molar refractivity (Wildman–Crippen MR) is 50.7 cm³/mol. The molecule has 0 aromatic rings. The van der Waals surface area contributed by atoms with Crippen molar-refractivity contribution in [2.45, 2.75) is 31.6 Å². The molecular formula is C9H15ClO3. The molecule has 0 fully saturated rings. The van der Waals surface area contributed by atoms with Crippen LogP contribution in [0, 0.1) is 5.92 Å². The second kappa shape index (κ2) is 5.22. The third-order valence-electron chi connectivity index (χ3n) is 1.99. The van der Waals surface area contributed by atoms with Crippen LogP contribution in [0.5, 0.6) is 0 Å². The highest BCUT2D eigenvalue weighted by Crippen LogP contribution is 2.29. The Kier molecular flexibility index (Phi) is 4.99. The van der Waals surface area contributed by atoms with Crippen molar-refractivity contribution in [1.82, 2.24) is 0 Å². The number of alkyl halides is 1. The lowest BCUT2D eigenvalue weighted by atomic mass is 9.89. The van der Waals surface area contributed by atoms with Crippen LogP contribution >= 0.6 is 11.6 Å². The van der Waals surface area contributed by atoms with Gasteiger partial charge in [-0.2, -0.15) is 0 Å². The molecule has 0 bridgehead atoms. The number of carbonyl (C=O) groups is 2. The van der Waals surface area contributed by atoms with Gasteiger partial charge < -0.3 is 9.53 Å². The van der Waals surface area contributed by atoms with Gasteiger partial charge in [0.1, 0.15) is 6.29 Å². The van der Waals surface area contributed by atoms with Crippen LogP contribution in [0.2, 0.25) is 0 Å². The monoisotopic (exact) mass is 206 g/mol. The molecule has 0 aromatic heterocycles. The largest absolute Gasteiger partial charge is 0.469 e. The maximum atomic E-state index is 10.9. The standard InChI is InChI=1S/C9H15ClO3/c1-9(2,10)7(4-5-11)6-8(12)13-3/h5,7H,4,6H2,1-3H3. The fourth-order valence-electron chi connectivity index (χ4n) is 1.01. The first-order valence-corrected chi connectivity index (χ1v) is 4.49. The molecule has 0 radical (unpaired) electrons. The first-order chi connectivity index (χ1) is 5.91. The minimum atomic E-state index is -0.560. The second-order valence-electron chi connectivity index (χ2n) is 3.44. The van der Waals surface area contributed by atoms with Crippen molar-refractivity contribution < 1.29 is 14.3 Å². The van der Waals surface area contributed by atoms with Crippen molar-refractivity contribution in [1.29, 1.82) is 0 Å². The Hall–Kier alpha value is -0.570. The number of hydrogen-bond donors (Lipinski definition) is 0. The lowest BCUT2D eigenvalue weighted by Crippen LogP contribution is -2.27. The maximum Gasteiger partial charge on any atom is 0.305 e. The van der Waals surface area contributed by atoms with E-state index < -0.39 is 4.87 Å². The van der Waals surface area contributed by atoms with E-state index in [1.807, 2.05) is 0 Å². The molecule has 0 rings (SSSR count). The molecular weight excluding hydrogens is 192 g/mol. The maximum absolute atomic E-state index is 10.9. The van der Waals surface area contributed by atoms with Gasteiger partial charge in [-0.15, -0.1) is 11.6 Å². The molecule has 0 aliphatic heterocycles. The molecule has 3 nitrogen and oxygen atoms in total. The van der Waals surface area contributed by atoms with E-state index in [1.165, 1.54) is 7.11 Å². The lowest BCUT2D eigenvalue weighted by Gasteiger charge is -2.25. The third-order valence-corrected chi connectivity index (χ3v) is 2.30. The number of aldehydes is 1. The number of halogens is 1. The third kappa shape index (κ3) is 4.88. The summed E-state index contributed by atoms with van der Waals surface area (Å²) in [4.78, 5) is 20.7. The van der Waals surface area contributed by atoms with E-state index in [2.05, 4.69) is 4.74 Å². The van der Waals surface area contributed by atoms with E-state index in [4.69, 9.17) is 11.6 Å². The molecule has 0 aliphatic rings. The number of carbonyl (C=O) groups excluding carboxylic acids is 2. The van der Waals surface area contributed by atoms with E-state index in [0.717, 1.165) is 6.29 Å². The van der Waals surface area contributed by atoms with E-state index in [9.17, 15) is 9.59 Å². The summed E-state index contributed by atoms with van der Waals surface area (Å²) in [6.07, 6.45) is 1.25. The highest BCUT2D eigenvalue weighted by atomic mass is 35.5. The summed E-state index contributed by atoms with van der Waals surface area (Å²) in [7, 11) is 1.32. The molecule has 0 aliphatic carbocycles. The average Bonchev–Trinajstić information content (AvgIpc) is 2.01. The number of methoxy groups -OCH3 is 1. The molecule has 0 heterocycles. The zero-order valence-electron chi connectivity index (χ0n) is 8.17. The van der Waals surface area contributed by atoms with Crippen LogP contribution in [-0.2, 0) is 14.3 Å². The van der Waals surface area contributed by atoms with Crippen LogP contribution in [-0.4, -0.2) is 24.2 Å². The van der Waals surface area contributed by atoms with E-state index in [0.29, 0.717) is 0 Å². The van der Waals surface area contributed by atoms with Gasteiger partial charge in [-0.05, 0) is 19.8 Å². The van der Waals surface area contributed by atoms with E-state index in [1.54, 1.807) is 13.8 Å². The van der Waals surface area contributed by atoms with Gasteiger partial charge in [0.2, 0.25) is 0 Å². The Balaban J connectivity index is 4.26. The van der Waals surface area contributed by atoms with Gasteiger partial charge in [0.25, 0.3) is 0 Å². The van der Waals surface area contributed by atoms with Crippen LogP contribution in [0.3, 0.4) is 0 Å². The minimum absolute atomic E-state index is 0.167. The summed E-state index contributed by atoms with van der Waals surface area (Å²) in [6, 6.07) is 0. The van der Waals surface area contributed by atoms with Crippen molar-refractivity contribution in [3.63, 3.8) is 0 Å². The molecule has 4 heteroatoms. The first-order valence-electron chi connectivity index (χ1n) is 4.11. The van der Waals surface area contributed by atoms with Crippen molar-refractivity contribution in [3.05, 3.63) is 0 Å². The smallest absolute Gasteiger partial charge is 0.305 e. The number of rotatable bonds is 5. The molecule has 13 heavy (non-hydrogen) atoms. The lowest BCUT2D eigenvalue weighted by molar-refractivity contribution is -0.142. The summed E-state index contributed by atoms with van der Waals surface area (Å²) < 4.78 is 4.51. The van der Waals surface area contributed by atoms with Crippen LogP contribution in [0.25, 0.3) is 0 Å². The highest BCUT2D eigenvalue weighted by molar-refractivity contribution is 6.23. The highest BCUT2D eigenvalue weighted by Gasteiger charge is 2.28. The Bertz CT molecular complexity index is 184. The zero-order valence-corrected chi connectivity index (χ0v) is 8.93. The topological polar surface area (TPSA) is 43.4 Å². The Morgan fingerprint density at radius 1 is 1.62 bits per heavy atom. The van der Waals surface area contributed by atoms with Crippen LogP contribution in [0.1, 0.15) is 26.7 Å². The van der Waals surface area contributed by atoms with Crippen LogP contribution in [0.15, 0.2) is 0 Å².